The van der Waals surface area contributed by atoms with Gasteiger partial charge in [-0.15, -0.1) is 0 Å². The number of esters is 2. The van der Waals surface area contributed by atoms with E-state index in [1.807, 2.05) is 0 Å². The van der Waals surface area contributed by atoms with Gasteiger partial charge in [0.05, 0.1) is 19.8 Å². The van der Waals surface area contributed by atoms with Crippen LogP contribution in [0.15, 0.2) is 0 Å². The minimum absolute atomic E-state index is 0.173. The summed E-state index contributed by atoms with van der Waals surface area (Å²) in [6.45, 7) is 2.57. The second-order valence-electron chi connectivity index (χ2n) is 19.4. The monoisotopic (exact) mass is 963 g/mol. The summed E-state index contributed by atoms with van der Waals surface area (Å²) in [4.78, 5) is 25.6. The molecule has 15 nitrogen and oxygen atoms in total. The van der Waals surface area contributed by atoms with Gasteiger partial charge in [0.2, 0.25) is 0 Å². The lowest BCUT2D eigenvalue weighted by Gasteiger charge is -2.42. The number of unbranched alkanes of at least 4 members (excludes halogenated alkanes) is 29. The number of aliphatic hydroxyl groups excluding tert-OH is 7. The van der Waals surface area contributed by atoms with Gasteiger partial charge in [-0.2, -0.15) is 0 Å². The molecule has 67 heavy (non-hydrogen) atoms. The standard InChI is InChI=1S/C52H98O15/c1-3-5-7-9-11-12-13-14-15-16-17-18-19-20-21-22-23-24-25-26-27-29-31-33-35-44(55)65-40(37-62-43(54)34-32-30-28-10-8-6-4-2)38-63-51-50(61)48(59)46(57)42(67-51)39-64-52-49(60)47(58)45(56)41(36-53)66-52/h40-42,45-53,56-61H,3-39H2,1-2H3. The Balaban J connectivity index is 1.68. The highest BCUT2D eigenvalue weighted by Gasteiger charge is 2.47. The van der Waals surface area contributed by atoms with Gasteiger partial charge in [0.1, 0.15) is 55.4 Å². The fourth-order valence-electron chi connectivity index (χ4n) is 8.87. The maximum absolute atomic E-state index is 13.0. The fraction of sp³-hybridized carbons (Fsp3) is 0.962. The van der Waals surface area contributed by atoms with Crippen molar-refractivity contribution >= 4 is 11.9 Å². The van der Waals surface area contributed by atoms with E-state index in [-0.39, 0.29) is 26.1 Å². The van der Waals surface area contributed by atoms with Gasteiger partial charge in [-0.1, -0.05) is 200 Å². The van der Waals surface area contributed by atoms with Crippen LogP contribution >= 0.6 is 0 Å². The molecule has 11 atom stereocenters. The number of aliphatic hydroxyl groups is 7. The molecule has 11 unspecified atom stereocenters. The highest BCUT2D eigenvalue weighted by molar-refractivity contribution is 5.70. The molecule has 0 spiro atoms. The van der Waals surface area contributed by atoms with Crippen molar-refractivity contribution in [3.05, 3.63) is 0 Å². The molecule has 0 aromatic carbocycles. The zero-order valence-electron chi connectivity index (χ0n) is 41.9. The first-order valence-corrected chi connectivity index (χ1v) is 27.1. The number of carbonyl (C=O) groups is 2. The molecule has 0 saturated carbocycles. The Kier molecular flexibility index (Phi) is 36.9. The van der Waals surface area contributed by atoms with E-state index < -0.39 is 92.7 Å². The van der Waals surface area contributed by atoms with Crippen LogP contribution in [0.5, 0.6) is 0 Å². The maximum atomic E-state index is 13.0. The van der Waals surface area contributed by atoms with Gasteiger partial charge in [0.15, 0.2) is 18.7 Å². The Hall–Kier alpha value is -1.50. The average molecular weight is 963 g/mol. The predicted octanol–water partition coefficient (Wildman–Crippen LogP) is 8.00. The van der Waals surface area contributed by atoms with E-state index in [9.17, 15) is 45.3 Å². The highest BCUT2D eigenvalue weighted by Crippen LogP contribution is 2.27. The van der Waals surface area contributed by atoms with Gasteiger partial charge in [0.25, 0.3) is 0 Å². The molecule has 0 aromatic rings. The van der Waals surface area contributed by atoms with Crippen LogP contribution in [0.2, 0.25) is 0 Å². The SMILES string of the molecule is CCCCCCCCCCCCCCCCCCCCCCCCCCC(=O)OC(COC(=O)CCCCCCCCC)COC1OC(COC2OC(CO)C(O)C(O)C2O)C(O)C(O)C1O. The molecule has 2 heterocycles. The van der Waals surface area contributed by atoms with Crippen molar-refractivity contribution in [2.24, 2.45) is 0 Å². The largest absolute Gasteiger partial charge is 0.462 e. The van der Waals surface area contributed by atoms with Crippen LogP contribution in [0.25, 0.3) is 0 Å². The molecule has 0 radical (unpaired) electrons. The van der Waals surface area contributed by atoms with Crippen LogP contribution < -0.4 is 0 Å². The van der Waals surface area contributed by atoms with E-state index in [4.69, 9.17) is 28.4 Å². The minimum atomic E-state index is -1.76. The summed E-state index contributed by atoms with van der Waals surface area (Å²) in [6.07, 6.45) is 21.8. The van der Waals surface area contributed by atoms with E-state index in [0.717, 1.165) is 44.9 Å². The van der Waals surface area contributed by atoms with Crippen LogP contribution in [-0.2, 0) is 38.0 Å². The van der Waals surface area contributed by atoms with Crippen molar-refractivity contribution in [2.45, 2.75) is 293 Å². The molecule has 2 aliphatic heterocycles. The predicted molar refractivity (Wildman–Crippen MR) is 257 cm³/mol. The van der Waals surface area contributed by atoms with Crippen molar-refractivity contribution in [2.75, 3.05) is 26.4 Å². The first-order chi connectivity index (χ1) is 32.5. The number of carbonyl (C=O) groups excluding carboxylic acids is 2. The first kappa shape index (κ1) is 61.6. The lowest BCUT2D eigenvalue weighted by Crippen LogP contribution is -2.61. The van der Waals surface area contributed by atoms with Crippen LogP contribution in [0, 0.1) is 0 Å². The van der Waals surface area contributed by atoms with Gasteiger partial charge in [0, 0.05) is 12.8 Å². The molecule has 2 rings (SSSR count). The van der Waals surface area contributed by atoms with E-state index in [1.165, 1.54) is 141 Å². The zero-order chi connectivity index (χ0) is 48.9. The third-order valence-electron chi connectivity index (χ3n) is 13.3. The van der Waals surface area contributed by atoms with Crippen molar-refractivity contribution in [3.63, 3.8) is 0 Å². The lowest BCUT2D eigenvalue weighted by molar-refractivity contribution is -0.332. The van der Waals surface area contributed by atoms with E-state index in [1.54, 1.807) is 0 Å². The van der Waals surface area contributed by atoms with Crippen molar-refractivity contribution in [1.82, 2.24) is 0 Å². The fourth-order valence-corrected chi connectivity index (χ4v) is 8.87. The topological polar surface area (TPSA) is 231 Å². The molecule has 0 amide bonds. The zero-order valence-corrected chi connectivity index (χ0v) is 41.9. The molecule has 2 fully saturated rings. The third-order valence-corrected chi connectivity index (χ3v) is 13.3. The molecule has 2 saturated heterocycles. The molecule has 15 heteroatoms. The summed E-state index contributed by atoms with van der Waals surface area (Å²) in [5.41, 5.74) is 0. The number of hydrogen-bond donors (Lipinski definition) is 7. The molecule has 0 aromatic heterocycles. The van der Waals surface area contributed by atoms with E-state index in [2.05, 4.69) is 13.8 Å². The quantitative estimate of drug-likeness (QED) is 0.0227. The molecule has 0 aliphatic carbocycles. The van der Waals surface area contributed by atoms with Gasteiger partial charge < -0.3 is 64.2 Å². The Labute approximate surface area is 404 Å². The average Bonchev–Trinajstić information content (AvgIpc) is 3.32. The molecule has 396 valence electrons. The summed E-state index contributed by atoms with van der Waals surface area (Å²) >= 11 is 0. The van der Waals surface area contributed by atoms with Crippen molar-refractivity contribution in [1.29, 1.82) is 0 Å². The van der Waals surface area contributed by atoms with Gasteiger partial charge >= 0.3 is 11.9 Å². The van der Waals surface area contributed by atoms with Crippen LogP contribution in [-0.4, -0.2) is 142 Å². The Bertz CT molecular complexity index is 1180. The van der Waals surface area contributed by atoms with Crippen LogP contribution in [0.1, 0.15) is 226 Å². The second-order valence-corrected chi connectivity index (χ2v) is 19.4. The van der Waals surface area contributed by atoms with E-state index >= 15 is 0 Å². The van der Waals surface area contributed by atoms with Crippen LogP contribution in [0.3, 0.4) is 0 Å². The van der Waals surface area contributed by atoms with Crippen molar-refractivity contribution < 1.29 is 73.8 Å². The Morgan fingerprint density at radius 2 is 0.761 bits per heavy atom. The minimum Gasteiger partial charge on any atom is -0.462 e. The number of rotatable bonds is 43. The molecular formula is C52H98O15. The summed E-state index contributed by atoms with van der Waals surface area (Å²) in [7, 11) is 0. The summed E-state index contributed by atoms with van der Waals surface area (Å²) in [5.74, 6) is -0.917. The first-order valence-electron chi connectivity index (χ1n) is 27.1. The van der Waals surface area contributed by atoms with E-state index in [0.29, 0.717) is 12.8 Å². The summed E-state index contributed by atoms with van der Waals surface area (Å²) in [6, 6.07) is 0. The van der Waals surface area contributed by atoms with Crippen LogP contribution in [0.4, 0.5) is 0 Å². The van der Waals surface area contributed by atoms with Crippen molar-refractivity contribution in [3.8, 4) is 0 Å². The third kappa shape index (κ3) is 28.2. The Morgan fingerprint density at radius 1 is 0.418 bits per heavy atom. The molecule has 0 bridgehead atoms. The molecular weight excluding hydrogens is 865 g/mol. The molecule has 2 aliphatic rings. The van der Waals surface area contributed by atoms with Gasteiger partial charge in [-0.3, -0.25) is 9.59 Å². The smallest absolute Gasteiger partial charge is 0.306 e. The summed E-state index contributed by atoms with van der Waals surface area (Å²) in [5, 5.41) is 72.0. The van der Waals surface area contributed by atoms with Gasteiger partial charge in [-0.05, 0) is 12.8 Å². The number of hydrogen-bond acceptors (Lipinski definition) is 15. The highest BCUT2D eigenvalue weighted by atomic mass is 16.7. The lowest BCUT2D eigenvalue weighted by atomic mass is 9.98. The molecule has 7 N–H and O–H groups in total. The van der Waals surface area contributed by atoms with Gasteiger partial charge in [-0.25, -0.2) is 0 Å². The Morgan fingerprint density at radius 3 is 1.16 bits per heavy atom. The maximum Gasteiger partial charge on any atom is 0.306 e. The second kappa shape index (κ2) is 40.1. The normalized spacial score (nSPS) is 25.9. The summed E-state index contributed by atoms with van der Waals surface area (Å²) < 4.78 is 33.5. The number of ether oxygens (including phenoxy) is 6.